The minimum absolute atomic E-state index is 0.0352. The Morgan fingerprint density at radius 3 is 2.35 bits per heavy atom. The zero-order valence-electron chi connectivity index (χ0n) is 15.2. The molecule has 2 aromatic rings. The van der Waals surface area contributed by atoms with Crippen LogP contribution in [0.2, 0.25) is 0 Å². The topological polar surface area (TPSA) is 32.7 Å². The van der Waals surface area contributed by atoms with Crippen LogP contribution in [0.1, 0.15) is 52.7 Å². The molecule has 2 aliphatic rings. The molecule has 0 saturated heterocycles. The first-order valence-electron chi connectivity index (χ1n) is 9.13. The maximum atomic E-state index is 13.4. The first kappa shape index (κ1) is 17.1. The fraction of sp³-hybridized carbons (Fsp3) is 0.318. The Bertz CT molecular complexity index is 925. The summed E-state index contributed by atoms with van der Waals surface area (Å²) in [5.41, 5.74) is 4.20. The van der Waals surface area contributed by atoms with E-state index in [-0.39, 0.29) is 5.91 Å². The van der Waals surface area contributed by atoms with Crippen molar-refractivity contribution in [3.63, 3.8) is 0 Å². The van der Waals surface area contributed by atoms with Crippen LogP contribution in [-0.2, 0) is 0 Å². The number of aliphatic imine (C=N–C) groups is 1. The predicted molar refractivity (Wildman–Crippen MR) is 109 cm³/mol. The SMILES string of the molecule is Cc1cccc(C(=O)N2C(=S)C(c3cccc(C)c3)=NC23CCCC3)c1. The number of nitrogens with zero attached hydrogens (tertiary/aromatic N) is 2. The van der Waals surface area contributed by atoms with Gasteiger partial charge in [0.1, 0.15) is 16.4 Å². The molecule has 1 saturated carbocycles. The molecule has 2 aromatic carbocycles. The van der Waals surface area contributed by atoms with Crippen molar-refractivity contribution in [3.8, 4) is 0 Å². The summed E-state index contributed by atoms with van der Waals surface area (Å²) in [7, 11) is 0. The van der Waals surface area contributed by atoms with Gasteiger partial charge in [0.25, 0.3) is 5.91 Å². The number of thiocarbonyl (C=S) groups is 1. The lowest BCUT2D eigenvalue weighted by atomic mass is 10.0. The summed E-state index contributed by atoms with van der Waals surface area (Å²) < 4.78 is 0. The van der Waals surface area contributed by atoms with Crippen molar-refractivity contribution in [2.45, 2.75) is 45.2 Å². The van der Waals surface area contributed by atoms with Crippen molar-refractivity contribution < 1.29 is 4.79 Å². The Morgan fingerprint density at radius 1 is 1.04 bits per heavy atom. The zero-order valence-corrected chi connectivity index (χ0v) is 16.0. The molecule has 1 aliphatic carbocycles. The highest BCUT2D eigenvalue weighted by molar-refractivity contribution is 7.82. The van der Waals surface area contributed by atoms with Crippen molar-refractivity contribution in [1.29, 1.82) is 0 Å². The lowest BCUT2D eigenvalue weighted by molar-refractivity contribution is 0.0724. The van der Waals surface area contributed by atoms with Crippen molar-refractivity contribution in [3.05, 3.63) is 70.8 Å². The van der Waals surface area contributed by atoms with Gasteiger partial charge in [-0.15, -0.1) is 0 Å². The first-order chi connectivity index (χ1) is 12.5. The molecule has 4 rings (SSSR count). The van der Waals surface area contributed by atoms with Gasteiger partial charge in [0, 0.05) is 11.1 Å². The number of aryl methyl sites for hydroxylation is 2. The first-order valence-corrected chi connectivity index (χ1v) is 9.53. The Balaban J connectivity index is 1.78. The fourth-order valence-electron chi connectivity index (χ4n) is 4.05. The van der Waals surface area contributed by atoms with E-state index in [4.69, 9.17) is 17.2 Å². The molecular formula is C22H22N2OS. The predicted octanol–water partition coefficient (Wildman–Crippen LogP) is 4.85. The summed E-state index contributed by atoms with van der Waals surface area (Å²) in [5.74, 6) is -0.0352. The summed E-state index contributed by atoms with van der Waals surface area (Å²) in [6.07, 6.45) is 3.90. The van der Waals surface area contributed by atoms with E-state index >= 15 is 0 Å². The molecule has 0 bridgehead atoms. The van der Waals surface area contributed by atoms with Gasteiger partial charge in [-0.1, -0.05) is 53.7 Å². The standard InChI is InChI=1S/C22H22N2OS/c1-15-7-5-9-17(13-15)19-21(26)24(22(23-19)11-3-4-12-22)20(25)18-10-6-8-16(2)14-18/h5-10,13-14H,3-4,11-12H2,1-2H3. The molecule has 1 spiro atoms. The van der Waals surface area contributed by atoms with E-state index in [2.05, 4.69) is 19.1 Å². The van der Waals surface area contributed by atoms with Crippen molar-refractivity contribution >= 4 is 28.8 Å². The minimum Gasteiger partial charge on any atom is -0.271 e. The second-order valence-electron chi connectivity index (χ2n) is 7.33. The van der Waals surface area contributed by atoms with E-state index in [9.17, 15) is 4.79 Å². The van der Waals surface area contributed by atoms with Crippen LogP contribution in [0.4, 0.5) is 0 Å². The molecule has 1 amide bonds. The van der Waals surface area contributed by atoms with Crippen molar-refractivity contribution in [2.75, 3.05) is 0 Å². The average molecular weight is 362 g/mol. The molecule has 132 valence electrons. The molecule has 1 fully saturated rings. The lowest BCUT2D eigenvalue weighted by Crippen LogP contribution is -2.48. The van der Waals surface area contributed by atoms with Gasteiger partial charge >= 0.3 is 0 Å². The lowest BCUT2D eigenvalue weighted by Gasteiger charge is -2.32. The second-order valence-corrected chi connectivity index (χ2v) is 7.72. The summed E-state index contributed by atoms with van der Waals surface area (Å²) in [6.45, 7) is 4.06. The average Bonchev–Trinajstić information content (AvgIpc) is 3.20. The molecule has 4 heteroatoms. The second kappa shape index (κ2) is 6.44. The van der Waals surface area contributed by atoms with E-state index in [0.29, 0.717) is 10.6 Å². The Kier molecular flexibility index (Phi) is 4.23. The monoisotopic (exact) mass is 362 g/mol. The van der Waals surface area contributed by atoms with E-state index in [1.54, 1.807) is 4.90 Å². The van der Waals surface area contributed by atoms with Crippen LogP contribution in [0.5, 0.6) is 0 Å². The third-order valence-electron chi connectivity index (χ3n) is 5.31. The summed E-state index contributed by atoms with van der Waals surface area (Å²) in [4.78, 5) is 20.8. The van der Waals surface area contributed by atoms with Gasteiger partial charge in [-0.05, 0) is 57.7 Å². The minimum atomic E-state index is -0.503. The quantitative estimate of drug-likeness (QED) is 0.716. The number of hydrogen-bond acceptors (Lipinski definition) is 3. The third-order valence-corrected chi connectivity index (χ3v) is 5.68. The Hall–Kier alpha value is -2.33. The van der Waals surface area contributed by atoms with Gasteiger partial charge in [0.05, 0.1) is 0 Å². The highest BCUT2D eigenvalue weighted by atomic mass is 32.1. The third kappa shape index (κ3) is 2.78. The number of carbonyl (C=O) groups is 1. The maximum Gasteiger partial charge on any atom is 0.260 e. The van der Waals surface area contributed by atoms with Crippen LogP contribution < -0.4 is 0 Å². The van der Waals surface area contributed by atoms with Crippen molar-refractivity contribution in [1.82, 2.24) is 4.90 Å². The van der Waals surface area contributed by atoms with E-state index in [1.807, 2.05) is 43.3 Å². The number of amides is 1. The van der Waals surface area contributed by atoms with Gasteiger partial charge in [-0.3, -0.25) is 14.7 Å². The summed E-state index contributed by atoms with van der Waals surface area (Å²) >= 11 is 5.78. The van der Waals surface area contributed by atoms with Gasteiger partial charge in [0.15, 0.2) is 0 Å². The van der Waals surface area contributed by atoms with Crippen LogP contribution in [0, 0.1) is 13.8 Å². The van der Waals surface area contributed by atoms with Crippen molar-refractivity contribution in [2.24, 2.45) is 4.99 Å². The van der Waals surface area contributed by atoms with E-state index in [0.717, 1.165) is 48.1 Å². The van der Waals surface area contributed by atoms with Crippen LogP contribution in [0.25, 0.3) is 0 Å². The smallest absolute Gasteiger partial charge is 0.260 e. The number of carbonyl (C=O) groups excluding carboxylic acids is 1. The maximum absolute atomic E-state index is 13.4. The van der Waals surface area contributed by atoms with Crippen LogP contribution in [0.3, 0.4) is 0 Å². The molecule has 0 radical (unpaired) electrons. The van der Waals surface area contributed by atoms with E-state index in [1.165, 1.54) is 0 Å². The Labute approximate surface area is 159 Å². The number of benzene rings is 2. The summed E-state index contributed by atoms with van der Waals surface area (Å²) in [6, 6.07) is 15.9. The van der Waals surface area contributed by atoms with E-state index < -0.39 is 5.66 Å². The van der Waals surface area contributed by atoms with Gasteiger partial charge in [0.2, 0.25) is 0 Å². The van der Waals surface area contributed by atoms with Gasteiger partial charge in [-0.25, -0.2) is 0 Å². The Morgan fingerprint density at radius 2 is 1.69 bits per heavy atom. The van der Waals surface area contributed by atoms with Crippen LogP contribution in [-0.4, -0.2) is 27.2 Å². The molecule has 0 N–H and O–H groups in total. The highest BCUT2D eigenvalue weighted by Crippen LogP contribution is 2.42. The normalized spacial score (nSPS) is 18.5. The van der Waals surface area contributed by atoms with Gasteiger partial charge < -0.3 is 0 Å². The fourth-order valence-corrected chi connectivity index (χ4v) is 4.46. The molecule has 1 aliphatic heterocycles. The van der Waals surface area contributed by atoms with Crippen LogP contribution >= 0.6 is 12.2 Å². The van der Waals surface area contributed by atoms with Crippen LogP contribution in [0.15, 0.2) is 53.5 Å². The molecule has 1 heterocycles. The largest absolute Gasteiger partial charge is 0.271 e. The number of rotatable bonds is 2. The molecule has 0 unspecified atom stereocenters. The molecule has 0 atom stereocenters. The van der Waals surface area contributed by atoms with Gasteiger partial charge in [-0.2, -0.15) is 0 Å². The molecule has 26 heavy (non-hydrogen) atoms. The number of hydrogen-bond donors (Lipinski definition) is 0. The zero-order chi connectivity index (χ0) is 18.3. The molecular weight excluding hydrogens is 340 g/mol. The highest BCUT2D eigenvalue weighted by Gasteiger charge is 2.50. The molecule has 3 nitrogen and oxygen atoms in total. The molecule has 0 aromatic heterocycles. The summed E-state index contributed by atoms with van der Waals surface area (Å²) in [5, 5.41) is 0.